The van der Waals surface area contributed by atoms with Crippen molar-refractivity contribution in [3.8, 4) is 0 Å². The Morgan fingerprint density at radius 2 is 2.00 bits per heavy atom. The number of nitrogens with one attached hydrogen (secondary N) is 1. The van der Waals surface area contributed by atoms with Crippen LogP contribution in [0.3, 0.4) is 0 Å². The van der Waals surface area contributed by atoms with Crippen molar-refractivity contribution >= 4 is 39.7 Å². The van der Waals surface area contributed by atoms with Crippen LogP contribution in [0, 0.1) is 10.1 Å². The first-order chi connectivity index (χ1) is 11.5. The van der Waals surface area contributed by atoms with E-state index in [1.54, 1.807) is 29.1 Å². The lowest BCUT2D eigenvalue weighted by Gasteiger charge is -2.08. The number of carbonyl (C=O) groups excluding carboxylic acids is 1. The molecule has 3 rings (SSSR count). The van der Waals surface area contributed by atoms with E-state index in [2.05, 4.69) is 10.4 Å². The number of thiophene rings is 1. The van der Waals surface area contributed by atoms with Crippen LogP contribution in [0.1, 0.15) is 15.2 Å². The van der Waals surface area contributed by atoms with Crippen LogP contribution in [0.4, 0.5) is 10.8 Å². The maximum absolute atomic E-state index is 12.2. The minimum Gasteiger partial charge on any atom is -0.306 e. The molecule has 7 nitrogen and oxygen atoms in total. The fourth-order valence-electron chi connectivity index (χ4n) is 2.05. The van der Waals surface area contributed by atoms with E-state index < -0.39 is 10.8 Å². The molecule has 0 saturated carbocycles. The van der Waals surface area contributed by atoms with E-state index in [0.29, 0.717) is 17.4 Å². The zero-order valence-electron chi connectivity index (χ0n) is 12.2. The molecule has 0 radical (unpaired) electrons. The highest BCUT2D eigenvalue weighted by molar-refractivity contribution is 7.17. The van der Waals surface area contributed by atoms with Crippen molar-refractivity contribution in [2.24, 2.45) is 0 Å². The molecule has 0 fully saturated rings. The molecule has 0 atom stereocenters. The molecular formula is C15H11ClN4O3S. The van der Waals surface area contributed by atoms with E-state index >= 15 is 0 Å². The number of anilines is 1. The van der Waals surface area contributed by atoms with Gasteiger partial charge < -0.3 is 5.32 Å². The van der Waals surface area contributed by atoms with Crippen LogP contribution >= 0.6 is 22.9 Å². The van der Waals surface area contributed by atoms with Gasteiger partial charge in [-0.25, -0.2) is 4.68 Å². The predicted molar refractivity (Wildman–Crippen MR) is 91.7 cm³/mol. The van der Waals surface area contributed by atoms with E-state index in [4.69, 9.17) is 11.6 Å². The van der Waals surface area contributed by atoms with Crippen LogP contribution in [0.5, 0.6) is 0 Å². The van der Waals surface area contributed by atoms with Crippen LogP contribution in [-0.2, 0) is 6.54 Å². The van der Waals surface area contributed by atoms with Crippen molar-refractivity contribution in [2.45, 2.75) is 6.54 Å². The number of benzene rings is 1. The molecule has 1 aromatic carbocycles. The molecule has 0 aliphatic rings. The molecule has 1 N–H and O–H groups in total. The number of nitrogens with zero attached hydrogens (tertiary/aromatic N) is 3. The second-order valence-corrected chi connectivity index (χ2v) is 6.35. The highest BCUT2D eigenvalue weighted by Gasteiger charge is 2.16. The first kappa shape index (κ1) is 16.2. The number of hydrogen-bond donors (Lipinski definition) is 1. The van der Waals surface area contributed by atoms with E-state index in [1.807, 2.05) is 12.1 Å². The van der Waals surface area contributed by atoms with Gasteiger partial charge in [-0.3, -0.25) is 14.9 Å². The fraction of sp³-hybridized carbons (Fsp3) is 0.0667. The molecule has 9 heteroatoms. The van der Waals surface area contributed by atoms with E-state index in [-0.39, 0.29) is 9.88 Å². The summed E-state index contributed by atoms with van der Waals surface area (Å²) in [5, 5.41) is 18.2. The molecule has 3 aromatic rings. The summed E-state index contributed by atoms with van der Waals surface area (Å²) >= 11 is 6.69. The van der Waals surface area contributed by atoms with Crippen LogP contribution < -0.4 is 5.32 Å². The first-order valence-electron chi connectivity index (χ1n) is 6.85. The van der Waals surface area contributed by atoms with E-state index in [9.17, 15) is 14.9 Å². The normalized spacial score (nSPS) is 10.5. The molecule has 0 saturated heterocycles. The molecule has 0 unspecified atom stereocenters. The summed E-state index contributed by atoms with van der Waals surface area (Å²) in [5.74, 6) is 0.0944. The topological polar surface area (TPSA) is 90.1 Å². The quantitative estimate of drug-likeness (QED) is 0.552. The minimum atomic E-state index is -0.522. The van der Waals surface area contributed by atoms with Gasteiger partial charge in [0.05, 0.1) is 22.5 Å². The molecule has 122 valence electrons. The lowest BCUT2D eigenvalue weighted by Crippen LogP contribution is -2.15. The third kappa shape index (κ3) is 3.61. The van der Waals surface area contributed by atoms with Crippen LogP contribution in [0.15, 0.2) is 48.7 Å². The zero-order chi connectivity index (χ0) is 17.1. The highest BCUT2D eigenvalue weighted by Crippen LogP contribution is 2.24. The van der Waals surface area contributed by atoms with Gasteiger partial charge in [-0.15, -0.1) is 0 Å². The van der Waals surface area contributed by atoms with Crippen molar-refractivity contribution in [3.05, 3.63) is 74.2 Å². The Balaban J connectivity index is 1.73. The third-order valence-corrected chi connectivity index (χ3v) is 4.49. The SMILES string of the molecule is O=C(Nc1ccnn1Cc1ccc(Cl)cc1)c1ccc([N+](=O)[O-])s1. The number of hydrogen-bond acceptors (Lipinski definition) is 5. The van der Waals surface area contributed by atoms with Gasteiger partial charge in [0.1, 0.15) is 5.82 Å². The Hall–Kier alpha value is -2.71. The number of carbonyl (C=O) groups is 1. The molecular weight excluding hydrogens is 352 g/mol. The summed E-state index contributed by atoms with van der Waals surface area (Å²) in [6.07, 6.45) is 1.57. The van der Waals surface area contributed by atoms with Gasteiger partial charge in [0.15, 0.2) is 0 Å². The van der Waals surface area contributed by atoms with Crippen LogP contribution in [0.2, 0.25) is 5.02 Å². The van der Waals surface area contributed by atoms with Gasteiger partial charge >= 0.3 is 5.00 Å². The Bertz CT molecular complexity index is 888. The number of aromatic nitrogens is 2. The zero-order valence-corrected chi connectivity index (χ0v) is 13.8. The molecule has 0 bridgehead atoms. The van der Waals surface area contributed by atoms with Gasteiger partial charge in [-0.1, -0.05) is 35.1 Å². The highest BCUT2D eigenvalue weighted by atomic mass is 35.5. The average molecular weight is 363 g/mol. The Labute approximate surface area is 145 Å². The second kappa shape index (κ2) is 6.81. The van der Waals surface area contributed by atoms with Gasteiger partial charge in [-0.05, 0) is 23.8 Å². The monoisotopic (exact) mass is 362 g/mol. The fourth-order valence-corrected chi connectivity index (χ4v) is 2.90. The van der Waals surface area contributed by atoms with Gasteiger partial charge in [0.2, 0.25) is 0 Å². The third-order valence-electron chi connectivity index (χ3n) is 3.20. The van der Waals surface area contributed by atoms with Crippen LogP contribution in [0.25, 0.3) is 0 Å². The number of nitro groups is 1. The van der Waals surface area contributed by atoms with Crippen LogP contribution in [-0.4, -0.2) is 20.6 Å². The predicted octanol–water partition coefficient (Wildman–Crippen LogP) is 3.81. The first-order valence-corrected chi connectivity index (χ1v) is 8.04. The van der Waals surface area contributed by atoms with Crippen molar-refractivity contribution < 1.29 is 9.72 Å². The van der Waals surface area contributed by atoms with E-state index in [1.165, 1.54) is 12.1 Å². The van der Waals surface area contributed by atoms with Crippen molar-refractivity contribution in [1.82, 2.24) is 9.78 Å². The molecule has 2 heterocycles. The van der Waals surface area contributed by atoms with Gasteiger partial charge in [-0.2, -0.15) is 5.10 Å². The number of rotatable bonds is 5. The Kier molecular flexibility index (Phi) is 4.59. The molecule has 2 aromatic heterocycles. The maximum Gasteiger partial charge on any atom is 0.324 e. The van der Waals surface area contributed by atoms with E-state index in [0.717, 1.165) is 16.9 Å². The van der Waals surface area contributed by atoms with Crippen molar-refractivity contribution in [1.29, 1.82) is 0 Å². The molecule has 0 aliphatic heterocycles. The average Bonchev–Trinajstić information content (AvgIpc) is 3.19. The largest absolute Gasteiger partial charge is 0.324 e. The van der Waals surface area contributed by atoms with Gasteiger partial charge in [0.25, 0.3) is 5.91 Å². The lowest BCUT2D eigenvalue weighted by molar-refractivity contribution is -0.380. The summed E-state index contributed by atoms with van der Waals surface area (Å²) < 4.78 is 1.63. The Morgan fingerprint density at radius 3 is 2.67 bits per heavy atom. The molecule has 0 spiro atoms. The van der Waals surface area contributed by atoms with Crippen molar-refractivity contribution in [3.63, 3.8) is 0 Å². The summed E-state index contributed by atoms with van der Waals surface area (Å²) in [6, 6.07) is 11.7. The summed E-state index contributed by atoms with van der Waals surface area (Å²) in [5.41, 5.74) is 0.977. The van der Waals surface area contributed by atoms with Crippen molar-refractivity contribution in [2.75, 3.05) is 5.32 Å². The maximum atomic E-state index is 12.2. The summed E-state index contributed by atoms with van der Waals surface area (Å²) in [7, 11) is 0. The smallest absolute Gasteiger partial charge is 0.306 e. The summed E-state index contributed by atoms with van der Waals surface area (Å²) in [4.78, 5) is 22.7. The number of halogens is 1. The minimum absolute atomic E-state index is 0.0742. The second-order valence-electron chi connectivity index (χ2n) is 4.85. The molecule has 24 heavy (non-hydrogen) atoms. The standard InChI is InChI=1S/C15H11ClN4O3S/c16-11-3-1-10(2-4-11)9-19-13(7-8-17-19)18-15(21)12-5-6-14(24-12)20(22)23/h1-8H,9H2,(H,18,21). The lowest BCUT2D eigenvalue weighted by atomic mass is 10.2. The van der Waals surface area contributed by atoms with Gasteiger partial charge in [0, 0.05) is 17.2 Å². The number of amides is 1. The Morgan fingerprint density at radius 1 is 1.25 bits per heavy atom. The molecule has 1 amide bonds. The molecule has 0 aliphatic carbocycles. The summed E-state index contributed by atoms with van der Waals surface area (Å²) in [6.45, 7) is 0.463.